The van der Waals surface area contributed by atoms with Crippen molar-refractivity contribution in [2.24, 2.45) is 0 Å². The van der Waals surface area contributed by atoms with E-state index in [2.05, 4.69) is 27.0 Å². The van der Waals surface area contributed by atoms with Crippen LogP contribution in [-0.4, -0.2) is 46.9 Å². The molecule has 2 aromatic heterocycles. The van der Waals surface area contributed by atoms with Crippen molar-refractivity contribution in [3.05, 3.63) is 46.8 Å². The maximum Gasteiger partial charge on any atom is 0.353 e. The van der Waals surface area contributed by atoms with Gasteiger partial charge in [0.2, 0.25) is 0 Å². The van der Waals surface area contributed by atoms with E-state index in [9.17, 15) is 19.5 Å². The van der Waals surface area contributed by atoms with Gasteiger partial charge in [0.05, 0.1) is 10.2 Å². The van der Waals surface area contributed by atoms with Crippen LogP contribution in [0, 0.1) is 6.92 Å². The first-order valence-electron chi connectivity index (χ1n) is 8.88. The van der Waals surface area contributed by atoms with Gasteiger partial charge < -0.3 is 9.84 Å². The fourth-order valence-corrected chi connectivity index (χ4v) is 7.16. The summed E-state index contributed by atoms with van der Waals surface area (Å²) in [4.78, 5) is 42.9. The zero-order valence-corrected chi connectivity index (χ0v) is 18.9. The van der Waals surface area contributed by atoms with E-state index in [0.29, 0.717) is 10.7 Å². The molecule has 11 heteroatoms. The van der Waals surface area contributed by atoms with Crippen molar-refractivity contribution in [2.45, 2.75) is 29.6 Å². The molecule has 1 saturated heterocycles. The molecule has 4 heterocycles. The lowest BCUT2D eigenvalue weighted by Gasteiger charge is -2.51. The van der Waals surface area contributed by atoms with Crippen molar-refractivity contribution >= 4 is 72.1 Å². The lowest BCUT2D eigenvalue weighted by Crippen LogP contribution is -2.70. The molecule has 2 aliphatic rings. The van der Waals surface area contributed by atoms with Crippen LogP contribution < -0.4 is 0 Å². The number of aryl methyl sites for hydroxylation is 1. The van der Waals surface area contributed by atoms with E-state index >= 15 is 0 Å². The lowest BCUT2D eigenvalue weighted by atomic mass is 9.89. The molecule has 1 amide bonds. The quantitative estimate of drug-likeness (QED) is 0.327. The molecule has 1 fully saturated rings. The summed E-state index contributed by atoms with van der Waals surface area (Å²) >= 11 is 6.19. The van der Waals surface area contributed by atoms with E-state index in [1.54, 1.807) is 6.20 Å². The van der Waals surface area contributed by atoms with Gasteiger partial charge in [-0.25, -0.2) is 9.78 Å². The zero-order chi connectivity index (χ0) is 21.4. The fraction of sp³-hybridized carbons (Fsp3) is 0.263. The fourth-order valence-electron chi connectivity index (χ4n) is 3.77. The molecule has 1 N–H and O–H groups in total. The third-order valence-electron chi connectivity index (χ3n) is 5.13. The van der Waals surface area contributed by atoms with Crippen LogP contribution in [0.4, 0.5) is 0 Å². The van der Waals surface area contributed by atoms with Gasteiger partial charge in [-0.05, 0) is 24.6 Å². The van der Waals surface area contributed by atoms with Crippen LogP contribution in [0.3, 0.4) is 0 Å². The Balaban J connectivity index is 1.58. The number of hydrogen-bond donors (Lipinski definition) is 1. The predicted octanol–water partition coefficient (Wildman–Crippen LogP) is 3.44. The summed E-state index contributed by atoms with van der Waals surface area (Å²) in [5, 5.41) is 10.2. The second-order valence-corrected chi connectivity index (χ2v) is 10.4. The molecule has 0 radical (unpaired) electrons. The number of esters is 1. The van der Waals surface area contributed by atoms with Gasteiger partial charge in [-0.1, -0.05) is 33.3 Å². The molecule has 30 heavy (non-hydrogen) atoms. The van der Waals surface area contributed by atoms with Crippen LogP contribution in [0.5, 0.6) is 0 Å². The molecule has 154 valence electrons. The Labute approximate surface area is 186 Å². The number of carboxylic acids is 1. The van der Waals surface area contributed by atoms with Crippen LogP contribution in [-0.2, 0) is 19.1 Å². The monoisotopic (exact) mass is 507 g/mol. The average molecular weight is 508 g/mol. The Morgan fingerprint density at radius 1 is 1.40 bits per heavy atom. The highest BCUT2D eigenvalue weighted by Gasteiger charge is 2.69. The van der Waals surface area contributed by atoms with E-state index in [0.717, 1.165) is 15.8 Å². The summed E-state index contributed by atoms with van der Waals surface area (Å²) < 4.78 is 7.23. The molecule has 0 bridgehead atoms. The third kappa shape index (κ3) is 2.58. The molecule has 5 rings (SSSR count). The predicted molar refractivity (Wildman–Crippen MR) is 115 cm³/mol. The maximum absolute atomic E-state index is 13.0. The summed E-state index contributed by atoms with van der Waals surface area (Å²) in [7, 11) is 0. The molecular weight excluding hydrogens is 494 g/mol. The van der Waals surface area contributed by atoms with E-state index in [1.165, 1.54) is 40.3 Å². The number of thioether (sulfide) groups is 1. The van der Waals surface area contributed by atoms with Gasteiger partial charge in [0.15, 0.2) is 15.4 Å². The standard InChI is InChI=1S/C19H14BrN3O5S2/c1-8-3-4-11-13(5-8)30-18-21-10(6-22(11)18)14(28-9(2)24)19(20)16(27)23-12(15(25)26)7-29-17(19)23/h3-7,14,17H,1-2H3,(H,25,26). The van der Waals surface area contributed by atoms with Crippen LogP contribution in [0.25, 0.3) is 15.2 Å². The number of carbonyl (C=O) groups is 3. The lowest BCUT2D eigenvalue weighted by molar-refractivity contribution is -0.162. The minimum atomic E-state index is -1.31. The number of β-lactam (4-membered cyclic amide) rings is 1. The molecule has 0 aliphatic carbocycles. The third-order valence-corrected chi connectivity index (χ3v) is 8.84. The first-order valence-corrected chi connectivity index (χ1v) is 11.4. The number of carboxylic acid groups (broad SMARTS) is 1. The topological polar surface area (TPSA) is 101 Å². The van der Waals surface area contributed by atoms with E-state index < -0.39 is 33.6 Å². The van der Waals surface area contributed by atoms with Gasteiger partial charge in [-0.15, -0.1) is 11.8 Å². The molecule has 3 aromatic rings. The van der Waals surface area contributed by atoms with Crippen molar-refractivity contribution in [3.63, 3.8) is 0 Å². The highest BCUT2D eigenvalue weighted by atomic mass is 79.9. The number of halogens is 1. The zero-order valence-electron chi connectivity index (χ0n) is 15.7. The van der Waals surface area contributed by atoms with Gasteiger partial charge in [-0.2, -0.15) is 0 Å². The second kappa shape index (κ2) is 6.56. The SMILES string of the molecule is CC(=O)OC(c1cn2c(n1)sc1cc(C)ccc12)C1(Br)C(=O)N2C(C(=O)O)=CSC21. The Kier molecular flexibility index (Phi) is 4.28. The molecule has 1 aromatic carbocycles. The van der Waals surface area contributed by atoms with Gasteiger partial charge in [0.25, 0.3) is 5.91 Å². The van der Waals surface area contributed by atoms with Crippen molar-refractivity contribution in [1.29, 1.82) is 0 Å². The Hall–Kier alpha value is -2.37. The number of benzene rings is 1. The number of hydrogen-bond acceptors (Lipinski definition) is 7. The second-order valence-electron chi connectivity index (χ2n) is 7.12. The van der Waals surface area contributed by atoms with Gasteiger partial charge in [0.1, 0.15) is 16.8 Å². The number of imidazole rings is 1. The number of rotatable bonds is 4. The number of thiazole rings is 1. The number of nitrogens with zero attached hydrogens (tertiary/aromatic N) is 3. The Morgan fingerprint density at radius 3 is 2.87 bits per heavy atom. The molecule has 0 spiro atoms. The number of carbonyl (C=O) groups excluding carboxylic acids is 2. The number of aromatic nitrogens is 2. The number of ether oxygens (including phenoxy) is 1. The molecule has 2 aliphatic heterocycles. The molecule has 3 atom stereocenters. The van der Waals surface area contributed by atoms with Gasteiger partial charge in [-0.3, -0.25) is 18.9 Å². The summed E-state index contributed by atoms with van der Waals surface area (Å²) in [6.45, 7) is 3.29. The highest BCUT2D eigenvalue weighted by Crippen LogP contribution is 2.57. The Morgan fingerprint density at radius 2 is 2.17 bits per heavy atom. The summed E-state index contributed by atoms with van der Waals surface area (Å²) in [6, 6.07) is 6.08. The highest BCUT2D eigenvalue weighted by molar-refractivity contribution is 9.10. The first kappa shape index (κ1) is 19.6. The maximum atomic E-state index is 13.0. The van der Waals surface area contributed by atoms with Crippen LogP contribution in [0.1, 0.15) is 24.3 Å². The molecule has 0 saturated carbocycles. The van der Waals surface area contributed by atoms with Crippen molar-refractivity contribution in [2.75, 3.05) is 0 Å². The largest absolute Gasteiger partial charge is 0.477 e. The van der Waals surface area contributed by atoms with E-state index in [1.807, 2.05) is 23.5 Å². The smallest absolute Gasteiger partial charge is 0.353 e. The van der Waals surface area contributed by atoms with Gasteiger partial charge in [0, 0.05) is 18.5 Å². The normalized spacial score (nSPS) is 24.0. The first-order chi connectivity index (χ1) is 14.2. The van der Waals surface area contributed by atoms with Crippen molar-refractivity contribution in [3.8, 4) is 0 Å². The summed E-state index contributed by atoms with van der Waals surface area (Å²) in [5.41, 5.74) is 2.45. The van der Waals surface area contributed by atoms with Crippen LogP contribution in [0.15, 0.2) is 35.5 Å². The average Bonchev–Trinajstić information content (AvgIpc) is 3.35. The number of alkyl halides is 1. The number of amides is 1. The number of aliphatic carboxylic acids is 1. The minimum Gasteiger partial charge on any atom is -0.477 e. The number of fused-ring (bicyclic) bond motifs is 4. The van der Waals surface area contributed by atoms with Crippen molar-refractivity contribution in [1.82, 2.24) is 14.3 Å². The molecule has 8 nitrogen and oxygen atoms in total. The van der Waals surface area contributed by atoms with E-state index in [-0.39, 0.29) is 5.70 Å². The molecule has 3 unspecified atom stereocenters. The van der Waals surface area contributed by atoms with Crippen LogP contribution in [0.2, 0.25) is 0 Å². The van der Waals surface area contributed by atoms with Gasteiger partial charge >= 0.3 is 11.9 Å². The summed E-state index contributed by atoms with van der Waals surface area (Å²) in [6.07, 6.45) is 0.756. The minimum absolute atomic E-state index is 0.0844. The summed E-state index contributed by atoms with van der Waals surface area (Å²) in [5.74, 6) is -2.22. The van der Waals surface area contributed by atoms with Crippen molar-refractivity contribution < 1.29 is 24.2 Å². The van der Waals surface area contributed by atoms with Crippen LogP contribution >= 0.6 is 39.0 Å². The molecular formula is C19H14BrN3O5S2. The Bertz CT molecular complexity index is 1300. The van der Waals surface area contributed by atoms with E-state index in [4.69, 9.17) is 4.74 Å².